The van der Waals surface area contributed by atoms with Gasteiger partial charge in [0.2, 0.25) is 0 Å². The Hall–Kier alpha value is -2.18. The van der Waals surface area contributed by atoms with E-state index in [0.717, 1.165) is 16.8 Å². The molecule has 0 radical (unpaired) electrons. The van der Waals surface area contributed by atoms with Crippen LogP contribution in [0, 0.1) is 18.8 Å². The highest BCUT2D eigenvalue weighted by atomic mass is 35.5. The summed E-state index contributed by atoms with van der Waals surface area (Å²) in [6, 6.07) is 9.20. The van der Waals surface area contributed by atoms with Gasteiger partial charge in [-0.25, -0.2) is 0 Å². The summed E-state index contributed by atoms with van der Waals surface area (Å²) in [6.45, 7) is 6.44. The Labute approximate surface area is 135 Å². The van der Waals surface area contributed by atoms with Crippen LogP contribution in [0.25, 0.3) is 11.3 Å². The molecule has 0 aliphatic carbocycles. The van der Waals surface area contributed by atoms with E-state index in [1.807, 2.05) is 38.1 Å². The summed E-state index contributed by atoms with van der Waals surface area (Å²) in [7, 11) is 0. The average Bonchev–Trinajstić information content (AvgIpc) is 2.51. The monoisotopic (exact) mass is 315 g/mol. The summed E-state index contributed by atoms with van der Waals surface area (Å²) in [4.78, 5) is 12.2. The molecule has 0 aliphatic rings. The molecule has 0 atom stereocenters. The van der Waals surface area contributed by atoms with Gasteiger partial charge in [0, 0.05) is 17.7 Å². The van der Waals surface area contributed by atoms with E-state index in [1.54, 1.807) is 17.6 Å². The van der Waals surface area contributed by atoms with Gasteiger partial charge in [0.15, 0.2) is 0 Å². The number of aromatic nitrogens is 1. The maximum atomic E-state index is 12.2. The van der Waals surface area contributed by atoms with E-state index in [9.17, 15) is 4.79 Å². The highest BCUT2D eigenvalue weighted by Crippen LogP contribution is 2.30. The van der Waals surface area contributed by atoms with Crippen LogP contribution in [0.4, 0.5) is 0 Å². The van der Waals surface area contributed by atoms with Crippen molar-refractivity contribution >= 4 is 11.6 Å². The second-order valence-electron chi connectivity index (χ2n) is 4.81. The lowest BCUT2D eigenvalue weighted by Gasteiger charge is -2.14. The second kappa shape index (κ2) is 7.20. The summed E-state index contributed by atoms with van der Waals surface area (Å²) in [5.41, 5.74) is 2.35. The second-order valence-corrected chi connectivity index (χ2v) is 5.22. The first-order valence-corrected chi connectivity index (χ1v) is 7.49. The van der Waals surface area contributed by atoms with E-state index in [2.05, 4.69) is 11.8 Å². The van der Waals surface area contributed by atoms with Gasteiger partial charge in [0.05, 0.1) is 10.7 Å². The highest BCUT2D eigenvalue weighted by molar-refractivity contribution is 6.33. The van der Waals surface area contributed by atoms with Crippen molar-refractivity contribution in [3.05, 3.63) is 51.3 Å². The van der Waals surface area contributed by atoms with E-state index in [1.165, 1.54) is 0 Å². The minimum absolute atomic E-state index is 0.00890. The molecule has 0 unspecified atom stereocenters. The number of hydrogen-bond acceptors (Lipinski definition) is 2. The van der Waals surface area contributed by atoms with Crippen molar-refractivity contribution in [2.45, 2.75) is 27.3 Å². The van der Waals surface area contributed by atoms with Gasteiger partial charge in [-0.15, -0.1) is 5.92 Å². The molecule has 0 N–H and O–H groups in total. The molecule has 1 aromatic carbocycles. The van der Waals surface area contributed by atoms with Crippen molar-refractivity contribution in [1.29, 1.82) is 0 Å². The molecule has 1 heterocycles. The first-order valence-electron chi connectivity index (χ1n) is 7.11. The molecule has 0 amide bonds. The molecule has 0 fully saturated rings. The maximum Gasteiger partial charge on any atom is 0.253 e. The van der Waals surface area contributed by atoms with Crippen LogP contribution in [0.2, 0.25) is 5.02 Å². The number of pyridine rings is 1. The predicted octanol–water partition coefficient (Wildman–Crippen LogP) is 3.90. The zero-order valence-corrected chi connectivity index (χ0v) is 13.7. The molecule has 114 valence electrons. The number of rotatable bonds is 4. The Bertz CT molecular complexity index is 797. The molecule has 0 aliphatic heterocycles. The number of benzene rings is 1. The average molecular weight is 316 g/mol. The zero-order chi connectivity index (χ0) is 16.1. The fourth-order valence-electron chi connectivity index (χ4n) is 2.22. The fraction of sp³-hybridized carbons (Fsp3) is 0.278. The van der Waals surface area contributed by atoms with Gasteiger partial charge in [-0.05, 0) is 45.0 Å². The van der Waals surface area contributed by atoms with Crippen LogP contribution in [0.15, 0.2) is 35.1 Å². The van der Waals surface area contributed by atoms with Crippen LogP contribution >= 0.6 is 11.6 Å². The van der Waals surface area contributed by atoms with E-state index in [-0.39, 0.29) is 5.56 Å². The molecule has 1 aromatic heterocycles. The van der Waals surface area contributed by atoms with E-state index in [4.69, 9.17) is 16.3 Å². The summed E-state index contributed by atoms with van der Waals surface area (Å²) >= 11 is 6.37. The number of ether oxygens (including phenoxy) is 1. The molecule has 2 rings (SSSR count). The maximum absolute atomic E-state index is 12.2. The van der Waals surface area contributed by atoms with Gasteiger partial charge in [-0.1, -0.05) is 23.6 Å². The summed E-state index contributed by atoms with van der Waals surface area (Å²) in [5, 5.41) is 0.549. The molecular weight excluding hydrogens is 298 g/mol. The number of hydrogen-bond donors (Lipinski definition) is 0. The number of aryl methyl sites for hydroxylation is 1. The SMILES string of the molecule is CC#CCOc1ccc(-c2ccc(C)c(=O)n2CC)c(Cl)c1. The normalized spacial score (nSPS) is 10.0. The first kappa shape index (κ1) is 16.2. The molecule has 4 heteroatoms. The van der Waals surface area contributed by atoms with Crippen LogP contribution < -0.4 is 10.3 Å². The third-order valence-electron chi connectivity index (χ3n) is 3.39. The van der Waals surface area contributed by atoms with Gasteiger partial charge in [0.25, 0.3) is 5.56 Å². The third-order valence-corrected chi connectivity index (χ3v) is 3.70. The Morgan fingerprint density at radius 3 is 2.68 bits per heavy atom. The molecular formula is C18H18ClNO2. The zero-order valence-electron chi connectivity index (χ0n) is 12.9. The molecule has 0 saturated carbocycles. The van der Waals surface area contributed by atoms with Crippen molar-refractivity contribution < 1.29 is 4.74 Å². The van der Waals surface area contributed by atoms with Gasteiger partial charge in [-0.2, -0.15) is 0 Å². The van der Waals surface area contributed by atoms with Crippen LogP contribution in [0.1, 0.15) is 19.4 Å². The molecule has 0 spiro atoms. The van der Waals surface area contributed by atoms with Gasteiger partial charge in [-0.3, -0.25) is 4.79 Å². The molecule has 22 heavy (non-hydrogen) atoms. The first-order chi connectivity index (χ1) is 10.6. The molecule has 2 aromatic rings. The highest BCUT2D eigenvalue weighted by Gasteiger charge is 2.11. The Kier molecular flexibility index (Phi) is 5.30. The molecule has 0 bridgehead atoms. The fourth-order valence-corrected chi connectivity index (χ4v) is 2.49. The minimum atomic E-state index is 0.00890. The molecule has 0 saturated heterocycles. The Morgan fingerprint density at radius 2 is 2.05 bits per heavy atom. The van der Waals surface area contributed by atoms with Crippen LogP contribution in [0.5, 0.6) is 5.75 Å². The Morgan fingerprint density at radius 1 is 1.27 bits per heavy atom. The topological polar surface area (TPSA) is 31.2 Å². The van der Waals surface area contributed by atoms with Crippen molar-refractivity contribution in [1.82, 2.24) is 4.57 Å². The lowest BCUT2D eigenvalue weighted by atomic mass is 10.1. The van der Waals surface area contributed by atoms with E-state index >= 15 is 0 Å². The summed E-state index contributed by atoms with van der Waals surface area (Å²) in [6.07, 6.45) is 0. The Balaban J connectivity index is 2.43. The van der Waals surface area contributed by atoms with Gasteiger partial charge >= 0.3 is 0 Å². The standard InChI is InChI=1S/C18H18ClNO2/c1-4-6-11-22-14-8-9-15(16(19)12-14)17-10-7-13(3)18(21)20(17)5-2/h7-10,12H,5,11H2,1-3H3. The predicted molar refractivity (Wildman–Crippen MR) is 90.5 cm³/mol. The number of nitrogens with zero attached hydrogens (tertiary/aromatic N) is 1. The lowest BCUT2D eigenvalue weighted by Crippen LogP contribution is -2.22. The number of halogens is 1. The van der Waals surface area contributed by atoms with Crippen molar-refractivity contribution in [2.24, 2.45) is 0 Å². The van der Waals surface area contributed by atoms with E-state index < -0.39 is 0 Å². The van der Waals surface area contributed by atoms with Crippen molar-refractivity contribution in [2.75, 3.05) is 6.61 Å². The van der Waals surface area contributed by atoms with Gasteiger partial charge in [0.1, 0.15) is 12.4 Å². The summed E-state index contributed by atoms with van der Waals surface area (Å²) in [5.74, 6) is 6.27. The van der Waals surface area contributed by atoms with Crippen LogP contribution in [-0.2, 0) is 6.54 Å². The quantitative estimate of drug-likeness (QED) is 0.801. The minimum Gasteiger partial charge on any atom is -0.481 e. The van der Waals surface area contributed by atoms with Crippen LogP contribution in [-0.4, -0.2) is 11.2 Å². The molecule has 3 nitrogen and oxygen atoms in total. The van der Waals surface area contributed by atoms with Gasteiger partial charge < -0.3 is 9.30 Å². The third kappa shape index (κ3) is 3.35. The lowest BCUT2D eigenvalue weighted by molar-refractivity contribution is 0.370. The van der Waals surface area contributed by atoms with Crippen molar-refractivity contribution in [3.8, 4) is 28.8 Å². The summed E-state index contributed by atoms with van der Waals surface area (Å²) < 4.78 is 7.21. The van der Waals surface area contributed by atoms with E-state index in [0.29, 0.717) is 23.9 Å². The van der Waals surface area contributed by atoms with Crippen molar-refractivity contribution in [3.63, 3.8) is 0 Å². The largest absolute Gasteiger partial charge is 0.481 e. The van der Waals surface area contributed by atoms with Crippen LogP contribution in [0.3, 0.4) is 0 Å². The smallest absolute Gasteiger partial charge is 0.253 e.